The highest BCUT2D eigenvalue weighted by atomic mass is 14.2. The Morgan fingerprint density at radius 1 is 0.842 bits per heavy atom. The number of benzene rings is 2. The Morgan fingerprint density at radius 3 is 2.58 bits per heavy atom. The molecule has 0 heteroatoms. The Bertz CT molecular complexity index is 566. The summed E-state index contributed by atoms with van der Waals surface area (Å²) in [5, 5.41) is 0. The van der Waals surface area contributed by atoms with Crippen molar-refractivity contribution in [2.45, 2.75) is 45.4 Å². The van der Waals surface area contributed by atoms with Gasteiger partial charge in [-0.3, -0.25) is 0 Å². The van der Waals surface area contributed by atoms with Crippen LogP contribution in [0.2, 0.25) is 0 Å². The lowest BCUT2D eigenvalue weighted by Gasteiger charge is -2.06. The third-order valence-corrected chi connectivity index (χ3v) is 4.18. The maximum Gasteiger partial charge on any atom is -0.00135 e. The van der Waals surface area contributed by atoms with Gasteiger partial charge in [-0.25, -0.2) is 0 Å². The minimum Gasteiger partial charge on any atom is -0.0654 e. The predicted octanol–water partition coefficient (Wildman–Crippen LogP) is 5.38. The molecule has 1 aliphatic rings. The van der Waals surface area contributed by atoms with E-state index in [1.165, 1.54) is 59.9 Å². The first kappa shape index (κ1) is 12.5. The number of hydrogen-bond donors (Lipinski definition) is 0. The van der Waals surface area contributed by atoms with Crippen LogP contribution >= 0.6 is 0 Å². The number of hydrogen-bond acceptors (Lipinski definition) is 0. The fraction of sp³-hybridized carbons (Fsp3) is 0.368. The Labute approximate surface area is 116 Å². The quantitative estimate of drug-likeness (QED) is 0.533. The van der Waals surface area contributed by atoms with Crippen molar-refractivity contribution in [1.82, 2.24) is 0 Å². The number of aryl methyl sites for hydroxylation is 1. The van der Waals surface area contributed by atoms with Crippen LogP contribution in [0.1, 0.15) is 49.3 Å². The molecule has 1 aliphatic carbocycles. The normalized spacial score (nSPS) is 12.3. The largest absolute Gasteiger partial charge is 0.0654 e. The lowest BCUT2D eigenvalue weighted by Crippen LogP contribution is -1.88. The molecular formula is C19H22. The predicted molar refractivity (Wildman–Crippen MR) is 82.5 cm³/mol. The van der Waals surface area contributed by atoms with E-state index in [-0.39, 0.29) is 0 Å². The summed E-state index contributed by atoms with van der Waals surface area (Å²) >= 11 is 0. The fourth-order valence-electron chi connectivity index (χ4n) is 3.08. The van der Waals surface area contributed by atoms with Crippen molar-refractivity contribution in [2.75, 3.05) is 0 Å². The van der Waals surface area contributed by atoms with E-state index in [1.54, 1.807) is 0 Å². The molecule has 0 nitrogen and oxygen atoms in total. The molecule has 3 rings (SSSR count). The second-order valence-electron chi connectivity index (χ2n) is 5.64. The van der Waals surface area contributed by atoms with Crippen LogP contribution in [-0.2, 0) is 12.8 Å². The molecule has 0 N–H and O–H groups in total. The highest BCUT2D eigenvalue weighted by molar-refractivity contribution is 5.77. The topological polar surface area (TPSA) is 0 Å². The van der Waals surface area contributed by atoms with Crippen LogP contribution < -0.4 is 0 Å². The molecule has 2 aromatic carbocycles. The van der Waals surface area contributed by atoms with Crippen molar-refractivity contribution in [3.05, 3.63) is 59.2 Å². The molecule has 0 aliphatic heterocycles. The fourth-order valence-corrected chi connectivity index (χ4v) is 3.08. The van der Waals surface area contributed by atoms with Gasteiger partial charge >= 0.3 is 0 Å². The second-order valence-corrected chi connectivity index (χ2v) is 5.64. The first-order valence-corrected chi connectivity index (χ1v) is 7.58. The van der Waals surface area contributed by atoms with Crippen LogP contribution in [0.15, 0.2) is 42.5 Å². The van der Waals surface area contributed by atoms with E-state index in [2.05, 4.69) is 49.4 Å². The molecule has 0 unspecified atom stereocenters. The molecule has 98 valence electrons. The lowest BCUT2D eigenvalue weighted by molar-refractivity contribution is 0.667. The van der Waals surface area contributed by atoms with Crippen molar-refractivity contribution < 1.29 is 0 Å². The Balaban J connectivity index is 1.78. The third kappa shape index (κ3) is 2.58. The first-order valence-electron chi connectivity index (χ1n) is 7.58. The highest BCUT2D eigenvalue weighted by Crippen LogP contribution is 2.36. The maximum absolute atomic E-state index is 2.42. The Hall–Kier alpha value is -1.56. The minimum absolute atomic E-state index is 1.11. The van der Waals surface area contributed by atoms with E-state index >= 15 is 0 Å². The average molecular weight is 250 g/mol. The van der Waals surface area contributed by atoms with Crippen molar-refractivity contribution in [3.63, 3.8) is 0 Å². The summed E-state index contributed by atoms with van der Waals surface area (Å²) in [6.45, 7) is 2.27. The van der Waals surface area contributed by atoms with Gasteiger partial charge in [-0.1, -0.05) is 68.7 Å². The summed E-state index contributed by atoms with van der Waals surface area (Å²) < 4.78 is 0. The molecule has 0 fully saturated rings. The van der Waals surface area contributed by atoms with Gasteiger partial charge in [0.15, 0.2) is 0 Å². The molecule has 0 heterocycles. The maximum atomic E-state index is 2.42. The third-order valence-electron chi connectivity index (χ3n) is 4.18. The zero-order chi connectivity index (χ0) is 13.1. The van der Waals surface area contributed by atoms with Gasteiger partial charge in [-0.15, -0.1) is 0 Å². The van der Waals surface area contributed by atoms with Crippen LogP contribution in [0, 0.1) is 0 Å². The van der Waals surface area contributed by atoms with E-state index in [1.807, 2.05) is 0 Å². The SMILES string of the molecule is CCCCCCc1ccc2c(c1)-c1ccccc1C2. The summed E-state index contributed by atoms with van der Waals surface area (Å²) in [5.41, 5.74) is 7.42. The second kappa shape index (κ2) is 5.61. The van der Waals surface area contributed by atoms with Crippen LogP contribution in [0.25, 0.3) is 11.1 Å². The van der Waals surface area contributed by atoms with Gasteiger partial charge in [0.2, 0.25) is 0 Å². The molecule has 0 bridgehead atoms. The molecule has 0 aromatic heterocycles. The van der Waals surface area contributed by atoms with Crippen molar-refractivity contribution in [3.8, 4) is 11.1 Å². The Morgan fingerprint density at radius 2 is 1.68 bits per heavy atom. The molecule has 0 spiro atoms. The van der Waals surface area contributed by atoms with Gasteiger partial charge < -0.3 is 0 Å². The molecule has 0 saturated carbocycles. The lowest BCUT2D eigenvalue weighted by atomic mass is 9.99. The number of rotatable bonds is 5. The van der Waals surface area contributed by atoms with Crippen LogP contribution in [0.3, 0.4) is 0 Å². The summed E-state index contributed by atoms with van der Waals surface area (Å²) in [6, 6.07) is 15.9. The monoisotopic (exact) mass is 250 g/mol. The van der Waals surface area contributed by atoms with Gasteiger partial charge in [0.05, 0.1) is 0 Å². The van der Waals surface area contributed by atoms with Crippen LogP contribution in [0.5, 0.6) is 0 Å². The first-order chi connectivity index (χ1) is 9.38. The van der Waals surface area contributed by atoms with E-state index in [9.17, 15) is 0 Å². The molecule has 0 atom stereocenters. The molecule has 2 aromatic rings. The van der Waals surface area contributed by atoms with Gasteiger partial charge in [0.25, 0.3) is 0 Å². The van der Waals surface area contributed by atoms with E-state index in [4.69, 9.17) is 0 Å². The van der Waals surface area contributed by atoms with E-state index in [0.717, 1.165) is 6.42 Å². The summed E-state index contributed by atoms with van der Waals surface area (Å²) in [7, 11) is 0. The molecule has 0 saturated heterocycles. The van der Waals surface area contributed by atoms with Crippen molar-refractivity contribution in [2.24, 2.45) is 0 Å². The number of unbranched alkanes of at least 4 members (excludes halogenated alkanes) is 3. The molecule has 0 radical (unpaired) electrons. The Kier molecular flexibility index (Phi) is 3.68. The van der Waals surface area contributed by atoms with E-state index in [0.29, 0.717) is 0 Å². The van der Waals surface area contributed by atoms with Gasteiger partial charge in [-0.05, 0) is 47.1 Å². The van der Waals surface area contributed by atoms with Crippen LogP contribution in [0.4, 0.5) is 0 Å². The van der Waals surface area contributed by atoms with Crippen LogP contribution in [-0.4, -0.2) is 0 Å². The molecule has 0 amide bonds. The smallest absolute Gasteiger partial charge is 0.00135 e. The van der Waals surface area contributed by atoms with Gasteiger partial charge in [0.1, 0.15) is 0 Å². The van der Waals surface area contributed by atoms with Crippen molar-refractivity contribution in [1.29, 1.82) is 0 Å². The summed E-state index contributed by atoms with van der Waals surface area (Å²) in [4.78, 5) is 0. The summed E-state index contributed by atoms with van der Waals surface area (Å²) in [5.74, 6) is 0. The van der Waals surface area contributed by atoms with Crippen molar-refractivity contribution >= 4 is 0 Å². The number of fused-ring (bicyclic) bond motifs is 3. The average Bonchev–Trinajstić information content (AvgIpc) is 2.82. The molecule has 19 heavy (non-hydrogen) atoms. The zero-order valence-electron chi connectivity index (χ0n) is 11.8. The van der Waals surface area contributed by atoms with E-state index < -0.39 is 0 Å². The standard InChI is InChI=1S/C19H22/c1-2-3-4-5-8-15-11-12-17-14-16-9-6-7-10-18(16)19(17)13-15/h6-7,9-13H,2-5,8,14H2,1H3. The summed E-state index contributed by atoms with van der Waals surface area (Å²) in [6.07, 6.45) is 7.72. The van der Waals surface area contributed by atoms with Gasteiger partial charge in [-0.2, -0.15) is 0 Å². The van der Waals surface area contributed by atoms with Gasteiger partial charge in [0, 0.05) is 0 Å². The zero-order valence-corrected chi connectivity index (χ0v) is 11.8. The minimum atomic E-state index is 1.11. The molecular weight excluding hydrogens is 228 g/mol. The highest BCUT2D eigenvalue weighted by Gasteiger charge is 2.17.